The molecule has 0 radical (unpaired) electrons. The first-order valence-electron chi connectivity index (χ1n) is 8.26. The van der Waals surface area contributed by atoms with Crippen molar-refractivity contribution in [1.29, 1.82) is 0 Å². The summed E-state index contributed by atoms with van der Waals surface area (Å²) in [5.41, 5.74) is 1.64. The molecule has 0 saturated carbocycles. The second kappa shape index (κ2) is 7.44. The molecule has 136 valence electrons. The van der Waals surface area contributed by atoms with E-state index in [1.54, 1.807) is 25.1 Å². The molecule has 26 heavy (non-hydrogen) atoms. The molecule has 1 aliphatic heterocycles. The lowest BCUT2D eigenvalue weighted by molar-refractivity contribution is -0.385. The van der Waals surface area contributed by atoms with Crippen LogP contribution in [0.3, 0.4) is 0 Å². The van der Waals surface area contributed by atoms with Crippen LogP contribution in [-0.2, 0) is 6.54 Å². The Morgan fingerprint density at radius 1 is 1.08 bits per heavy atom. The van der Waals surface area contributed by atoms with Crippen LogP contribution in [0.4, 0.5) is 17.2 Å². The van der Waals surface area contributed by atoms with E-state index in [4.69, 9.17) is 0 Å². The van der Waals surface area contributed by atoms with Gasteiger partial charge in [-0.2, -0.15) is 0 Å². The quantitative estimate of drug-likeness (QED) is 0.598. The fourth-order valence-corrected chi connectivity index (χ4v) is 3.06. The zero-order valence-electron chi connectivity index (χ0n) is 14.4. The number of hydrogen-bond acceptors (Lipinski definition) is 7. The summed E-state index contributed by atoms with van der Waals surface area (Å²) >= 11 is 0. The molecule has 0 aliphatic carbocycles. The highest BCUT2D eigenvalue weighted by Crippen LogP contribution is 2.23. The van der Waals surface area contributed by atoms with Gasteiger partial charge in [-0.05, 0) is 18.6 Å². The predicted octanol–water partition coefficient (Wildman–Crippen LogP) is 2.53. The standard InChI is InChI=1S/C17H19N5O4/c1-13-9-17(18-11-16(13)22(25)26)20-7-5-19(6-8-20)12-14-3-2-4-15(10-14)21(23)24/h2-4,9-11H,5-8,12H2,1H3. The highest BCUT2D eigenvalue weighted by molar-refractivity contribution is 5.49. The zero-order valence-corrected chi connectivity index (χ0v) is 14.4. The number of benzene rings is 1. The maximum Gasteiger partial charge on any atom is 0.290 e. The number of piperazine rings is 1. The highest BCUT2D eigenvalue weighted by Gasteiger charge is 2.20. The molecule has 2 heterocycles. The molecule has 0 bridgehead atoms. The second-order valence-corrected chi connectivity index (χ2v) is 6.28. The van der Waals surface area contributed by atoms with Crippen molar-refractivity contribution in [2.45, 2.75) is 13.5 Å². The lowest BCUT2D eigenvalue weighted by Gasteiger charge is -2.35. The minimum Gasteiger partial charge on any atom is -0.354 e. The summed E-state index contributed by atoms with van der Waals surface area (Å²) in [5, 5.41) is 21.8. The molecule has 1 aromatic carbocycles. The Bertz CT molecular complexity index is 834. The van der Waals surface area contributed by atoms with Crippen LogP contribution >= 0.6 is 0 Å². The van der Waals surface area contributed by atoms with Gasteiger partial charge < -0.3 is 4.90 Å². The minimum atomic E-state index is -0.427. The van der Waals surface area contributed by atoms with Gasteiger partial charge in [-0.15, -0.1) is 0 Å². The van der Waals surface area contributed by atoms with E-state index in [-0.39, 0.29) is 16.3 Å². The Labute approximate surface area is 150 Å². The van der Waals surface area contributed by atoms with Crippen LogP contribution in [0.5, 0.6) is 0 Å². The van der Waals surface area contributed by atoms with Gasteiger partial charge in [-0.3, -0.25) is 25.1 Å². The molecule has 3 rings (SSSR count). The van der Waals surface area contributed by atoms with Gasteiger partial charge in [0.1, 0.15) is 12.0 Å². The summed E-state index contributed by atoms with van der Waals surface area (Å²) in [6.07, 6.45) is 1.31. The SMILES string of the molecule is Cc1cc(N2CCN(Cc3cccc([N+](=O)[O-])c3)CC2)ncc1[N+](=O)[O-]. The summed E-state index contributed by atoms with van der Waals surface area (Å²) in [7, 11) is 0. The summed E-state index contributed by atoms with van der Waals surface area (Å²) in [5.74, 6) is 0.739. The first kappa shape index (κ1) is 17.7. The Morgan fingerprint density at radius 2 is 1.81 bits per heavy atom. The summed E-state index contributed by atoms with van der Waals surface area (Å²) in [4.78, 5) is 29.5. The van der Waals surface area contributed by atoms with Crippen molar-refractivity contribution >= 4 is 17.2 Å². The van der Waals surface area contributed by atoms with Crippen molar-refractivity contribution in [3.8, 4) is 0 Å². The number of anilines is 1. The van der Waals surface area contributed by atoms with Gasteiger partial charge in [-0.1, -0.05) is 12.1 Å². The molecule has 0 amide bonds. The average molecular weight is 357 g/mol. The Kier molecular flexibility index (Phi) is 5.08. The van der Waals surface area contributed by atoms with Crippen LogP contribution < -0.4 is 4.90 Å². The molecular formula is C17H19N5O4. The number of rotatable bonds is 5. The van der Waals surface area contributed by atoms with Gasteiger partial charge in [0.2, 0.25) is 0 Å². The number of nitro benzene ring substituents is 1. The number of nitrogens with zero attached hydrogens (tertiary/aromatic N) is 5. The average Bonchev–Trinajstić information content (AvgIpc) is 2.62. The number of non-ortho nitro benzene ring substituents is 1. The first-order chi connectivity index (χ1) is 12.4. The number of aromatic nitrogens is 1. The molecule has 2 aromatic rings. The minimum absolute atomic E-state index is 0.0260. The van der Waals surface area contributed by atoms with E-state index in [2.05, 4.69) is 14.8 Å². The monoisotopic (exact) mass is 357 g/mol. The predicted molar refractivity (Wildman–Crippen MR) is 96.2 cm³/mol. The van der Waals surface area contributed by atoms with Crippen LogP contribution in [0, 0.1) is 27.2 Å². The molecule has 0 spiro atoms. The topological polar surface area (TPSA) is 106 Å². The van der Waals surface area contributed by atoms with Crippen LogP contribution in [0.15, 0.2) is 36.5 Å². The van der Waals surface area contributed by atoms with E-state index in [1.807, 2.05) is 6.07 Å². The van der Waals surface area contributed by atoms with E-state index < -0.39 is 4.92 Å². The van der Waals surface area contributed by atoms with Crippen molar-refractivity contribution in [2.75, 3.05) is 31.1 Å². The van der Waals surface area contributed by atoms with Crippen molar-refractivity contribution < 1.29 is 9.85 Å². The lowest BCUT2D eigenvalue weighted by atomic mass is 10.1. The van der Waals surface area contributed by atoms with Crippen molar-refractivity contribution in [2.24, 2.45) is 0 Å². The normalized spacial score (nSPS) is 15.0. The number of aryl methyl sites for hydroxylation is 1. The maximum atomic E-state index is 10.9. The molecular weight excluding hydrogens is 338 g/mol. The maximum absolute atomic E-state index is 10.9. The highest BCUT2D eigenvalue weighted by atomic mass is 16.6. The fourth-order valence-electron chi connectivity index (χ4n) is 3.06. The number of pyridine rings is 1. The fraction of sp³-hybridized carbons (Fsp3) is 0.353. The summed E-state index contributed by atoms with van der Waals surface area (Å²) in [6, 6.07) is 8.43. The largest absolute Gasteiger partial charge is 0.354 e. The van der Waals surface area contributed by atoms with Crippen molar-refractivity contribution in [3.05, 3.63) is 67.9 Å². The molecule has 9 nitrogen and oxygen atoms in total. The van der Waals surface area contributed by atoms with Gasteiger partial charge in [0, 0.05) is 50.4 Å². The van der Waals surface area contributed by atoms with Crippen LogP contribution in [-0.4, -0.2) is 45.9 Å². The van der Waals surface area contributed by atoms with Crippen LogP contribution in [0.25, 0.3) is 0 Å². The smallest absolute Gasteiger partial charge is 0.290 e. The van der Waals surface area contributed by atoms with Crippen LogP contribution in [0.1, 0.15) is 11.1 Å². The number of nitro groups is 2. The molecule has 1 fully saturated rings. The third-order valence-electron chi connectivity index (χ3n) is 4.49. The number of hydrogen-bond donors (Lipinski definition) is 0. The first-order valence-corrected chi connectivity index (χ1v) is 8.26. The molecule has 0 atom stereocenters. The van der Waals surface area contributed by atoms with Crippen LogP contribution in [0.2, 0.25) is 0 Å². The van der Waals surface area contributed by atoms with E-state index in [0.29, 0.717) is 12.1 Å². The Balaban J connectivity index is 1.61. The third-order valence-corrected chi connectivity index (χ3v) is 4.49. The summed E-state index contributed by atoms with van der Waals surface area (Å²) < 4.78 is 0. The van der Waals surface area contributed by atoms with E-state index in [0.717, 1.165) is 37.6 Å². The van der Waals surface area contributed by atoms with Crippen molar-refractivity contribution in [1.82, 2.24) is 9.88 Å². The zero-order chi connectivity index (χ0) is 18.7. The van der Waals surface area contributed by atoms with E-state index >= 15 is 0 Å². The molecule has 1 aliphatic rings. The summed E-state index contributed by atoms with van der Waals surface area (Å²) in [6.45, 7) is 5.45. The molecule has 1 aromatic heterocycles. The molecule has 0 unspecified atom stereocenters. The molecule has 0 N–H and O–H groups in total. The van der Waals surface area contributed by atoms with Gasteiger partial charge in [-0.25, -0.2) is 4.98 Å². The van der Waals surface area contributed by atoms with E-state index in [1.165, 1.54) is 12.3 Å². The van der Waals surface area contributed by atoms with Gasteiger partial charge in [0.25, 0.3) is 11.4 Å². The molecule has 1 saturated heterocycles. The van der Waals surface area contributed by atoms with Gasteiger partial charge in [0.05, 0.1) is 9.85 Å². The lowest BCUT2D eigenvalue weighted by Crippen LogP contribution is -2.46. The van der Waals surface area contributed by atoms with E-state index in [9.17, 15) is 20.2 Å². The Morgan fingerprint density at radius 3 is 2.42 bits per heavy atom. The van der Waals surface area contributed by atoms with Gasteiger partial charge in [0.15, 0.2) is 0 Å². The third kappa shape index (κ3) is 3.94. The van der Waals surface area contributed by atoms with Gasteiger partial charge >= 0.3 is 0 Å². The molecule has 9 heteroatoms. The Hall–Kier alpha value is -3.07. The van der Waals surface area contributed by atoms with Crippen molar-refractivity contribution in [3.63, 3.8) is 0 Å². The second-order valence-electron chi connectivity index (χ2n) is 6.28.